The Bertz CT molecular complexity index is 393. The molecule has 0 spiro atoms. The smallest absolute Gasteiger partial charge is 0.233 e. The number of carbonyl (C=O) groups excluding carboxylic acids is 1. The van der Waals surface area contributed by atoms with E-state index < -0.39 is 0 Å². The number of hydrogen-bond acceptors (Lipinski definition) is 4. The molecule has 0 saturated heterocycles. The van der Waals surface area contributed by atoms with Gasteiger partial charge in [-0.2, -0.15) is 0 Å². The molecule has 0 bridgehead atoms. The molecular formula is C14H21N3OS. The third-order valence-corrected chi connectivity index (χ3v) is 4.40. The highest BCUT2D eigenvalue weighted by atomic mass is 32.2. The molecule has 0 aromatic carbocycles. The SMILES string of the molecule is CCN(C(=O)CSc1ncccn1)C1CCCCC1. The Kier molecular flexibility index (Phi) is 5.63. The predicted molar refractivity (Wildman–Crippen MR) is 77.0 cm³/mol. The lowest BCUT2D eigenvalue weighted by Gasteiger charge is -2.33. The van der Waals surface area contributed by atoms with Crippen LogP contribution >= 0.6 is 11.8 Å². The van der Waals surface area contributed by atoms with Crippen LogP contribution in [0.3, 0.4) is 0 Å². The molecule has 1 aliphatic rings. The Morgan fingerprint density at radius 2 is 2.00 bits per heavy atom. The summed E-state index contributed by atoms with van der Waals surface area (Å²) < 4.78 is 0. The molecule has 1 aromatic rings. The average molecular weight is 279 g/mol. The van der Waals surface area contributed by atoms with Gasteiger partial charge in [-0.05, 0) is 25.8 Å². The lowest BCUT2D eigenvalue weighted by Crippen LogP contribution is -2.42. The molecule has 0 radical (unpaired) electrons. The van der Waals surface area contributed by atoms with Crippen molar-refractivity contribution in [3.05, 3.63) is 18.5 Å². The Balaban J connectivity index is 1.86. The molecule has 1 heterocycles. The van der Waals surface area contributed by atoms with E-state index in [0.717, 1.165) is 19.4 Å². The summed E-state index contributed by atoms with van der Waals surface area (Å²) in [6, 6.07) is 2.23. The molecule has 4 nitrogen and oxygen atoms in total. The molecule has 1 amide bonds. The Labute approximate surface area is 119 Å². The standard InChI is InChI=1S/C14H21N3OS/c1-2-17(12-7-4-3-5-8-12)13(18)11-19-14-15-9-6-10-16-14/h6,9-10,12H,2-5,7-8,11H2,1H3. The zero-order valence-corrected chi connectivity index (χ0v) is 12.2. The van der Waals surface area contributed by atoms with Gasteiger partial charge in [0.15, 0.2) is 5.16 Å². The first-order valence-corrected chi connectivity index (χ1v) is 7.99. The van der Waals surface area contributed by atoms with Crippen LogP contribution in [-0.2, 0) is 4.79 Å². The summed E-state index contributed by atoms with van der Waals surface area (Å²) in [6.07, 6.45) is 9.55. The Morgan fingerprint density at radius 1 is 1.32 bits per heavy atom. The first-order chi connectivity index (χ1) is 9.31. The van der Waals surface area contributed by atoms with Crippen LogP contribution in [0.25, 0.3) is 0 Å². The van der Waals surface area contributed by atoms with Crippen molar-refractivity contribution in [2.24, 2.45) is 0 Å². The third kappa shape index (κ3) is 4.20. The van der Waals surface area contributed by atoms with Crippen molar-refractivity contribution in [2.75, 3.05) is 12.3 Å². The topological polar surface area (TPSA) is 46.1 Å². The van der Waals surface area contributed by atoms with Crippen molar-refractivity contribution < 1.29 is 4.79 Å². The quantitative estimate of drug-likeness (QED) is 0.614. The van der Waals surface area contributed by atoms with E-state index in [2.05, 4.69) is 16.9 Å². The lowest BCUT2D eigenvalue weighted by molar-refractivity contribution is -0.131. The van der Waals surface area contributed by atoms with E-state index in [1.807, 2.05) is 4.90 Å². The second-order valence-corrected chi connectivity index (χ2v) is 5.73. The number of rotatable bonds is 5. The average Bonchev–Trinajstić information content (AvgIpc) is 2.48. The second kappa shape index (κ2) is 7.48. The van der Waals surface area contributed by atoms with Gasteiger partial charge < -0.3 is 4.90 Å². The highest BCUT2D eigenvalue weighted by Gasteiger charge is 2.23. The van der Waals surface area contributed by atoms with Crippen LogP contribution < -0.4 is 0 Å². The van der Waals surface area contributed by atoms with Crippen LogP contribution in [-0.4, -0.2) is 39.1 Å². The summed E-state index contributed by atoms with van der Waals surface area (Å²) in [5.74, 6) is 0.654. The molecule has 1 fully saturated rings. The maximum Gasteiger partial charge on any atom is 0.233 e. The van der Waals surface area contributed by atoms with Gasteiger partial charge in [-0.1, -0.05) is 31.0 Å². The fraction of sp³-hybridized carbons (Fsp3) is 0.643. The fourth-order valence-electron chi connectivity index (χ4n) is 2.60. The molecular weight excluding hydrogens is 258 g/mol. The van der Waals surface area contributed by atoms with Crippen molar-refractivity contribution in [3.8, 4) is 0 Å². The summed E-state index contributed by atoms with van der Waals surface area (Å²) in [6.45, 7) is 2.87. The van der Waals surface area contributed by atoms with E-state index in [9.17, 15) is 4.79 Å². The van der Waals surface area contributed by atoms with Crippen LogP contribution in [0.5, 0.6) is 0 Å². The maximum absolute atomic E-state index is 12.3. The minimum absolute atomic E-state index is 0.215. The zero-order valence-electron chi connectivity index (χ0n) is 11.4. The monoisotopic (exact) mass is 279 g/mol. The van der Waals surface area contributed by atoms with E-state index >= 15 is 0 Å². The molecule has 1 aliphatic carbocycles. The molecule has 1 saturated carbocycles. The van der Waals surface area contributed by atoms with Crippen LogP contribution in [0.1, 0.15) is 39.0 Å². The highest BCUT2D eigenvalue weighted by molar-refractivity contribution is 7.99. The van der Waals surface area contributed by atoms with Crippen molar-refractivity contribution in [1.82, 2.24) is 14.9 Å². The molecule has 1 aromatic heterocycles. The van der Waals surface area contributed by atoms with Gasteiger partial charge >= 0.3 is 0 Å². The van der Waals surface area contributed by atoms with Gasteiger partial charge in [0, 0.05) is 25.0 Å². The van der Waals surface area contributed by atoms with Crippen LogP contribution in [0.4, 0.5) is 0 Å². The summed E-state index contributed by atoms with van der Waals surface area (Å²) >= 11 is 1.42. The molecule has 0 N–H and O–H groups in total. The first-order valence-electron chi connectivity index (χ1n) is 7.00. The van der Waals surface area contributed by atoms with Crippen LogP contribution in [0.15, 0.2) is 23.6 Å². The molecule has 5 heteroatoms. The Morgan fingerprint density at radius 3 is 2.63 bits per heavy atom. The fourth-order valence-corrected chi connectivity index (χ4v) is 3.29. The number of amides is 1. The molecule has 2 rings (SSSR count). The van der Waals surface area contributed by atoms with E-state index in [0.29, 0.717) is 17.0 Å². The van der Waals surface area contributed by atoms with Crippen molar-refractivity contribution in [2.45, 2.75) is 50.2 Å². The maximum atomic E-state index is 12.3. The van der Waals surface area contributed by atoms with E-state index in [1.54, 1.807) is 18.5 Å². The van der Waals surface area contributed by atoms with Gasteiger partial charge in [0.2, 0.25) is 5.91 Å². The number of carbonyl (C=O) groups is 1. The molecule has 0 aliphatic heterocycles. The third-order valence-electron chi connectivity index (χ3n) is 3.54. The summed E-state index contributed by atoms with van der Waals surface area (Å²) in [5, 5.41) is 0.676. The molecule has 19 heavy (non-hydrogen) atoms. The molecule has 0 unspecified atom stereocenters. The lowest BCUT2D eigenvalue weighted by atomic mass is 9.94. The van der Waals surface area contributed by atoms with Gasteiger partial charge in [-0.3, -0.25) is 4.79 Å². The van der Waals surface area contributed by atoms with Gasteiger partial charge in [-0.25, -0.2) is 9.97 Å². The van der Waals surface area contributed by atoms with Crippen molar-refractivity contribution in [3.63, 3.8) is 0 Å². The summed E-state index contributed by atoms with van der Waals surface area (Å²) in [7, 11) is 0. The Hall–Kier alpha value is -1.10. The molecule has 0 atom stereocenters. The van der Waals surface area contributed by atoms with E-state index in [4.69, 9.17) is 0 Å². The normalized spacial score (nSPS) is 16.3. The van der Waals surface area contributed by atoms with Gasteiger partial charge in [-0.15, -0.1) is 0 Å². The summed E-state index contributed by atoms with van der Waals surface area (Å²) in [4.78, 5) is 22.6. The minimum atomic E-state index is 0.215. The van der Waals surface area contributed by atoms with Crippen LogP contribution in [0, 0.1) is 0 Å². The van der Waals surface area contributed by atoms with Crippen LogP contribution in [0.2, 0.25) is 0 Å². The second-order valence-electron chi connectivity index (χ2n) is 4.79. The molecule has 104 valence electrons. The minimum Gasteiger partial charge on any atom is -0.339 e. The highest BCUT2D eigenvalue weighted by Crippen LogP contribution is 2.23. The van der Waals surface area contributed by atoms with Gasteiger partial charge in [0.25, 0.3) is 0 Å². The van der Waals surface area contributed by atoms with Gasteiger partial charge in [0.05, 0.1) is 5.75 Å². The number of aromatic nitrogens is 2. The predicted octanol–water partition coefficient (Wildman–Crippen LogP) is 2.75. The summed E-state index contributed by atoms with van der Waals surface area (Å²) in [5.41, 5.74) is 0. The van der Waals surface area contributed by atoms with E-state index in [-0.39, 0.29) is 5.91 Å². The van der Waals surface area contributed by atoms with E-state index in [1.165, 1.54) is 31.0 Å². The first kappa shape index (κ1) is 14.3. The largest absolute Gasteiger partial charge is 0.339 e. The van der Waals surface area contributed by atoms with Crippen molar-refractivity contribution in [1.29, 1.82) is 0 Å². The number of thioether (sulfide) groups is 1. The number of nitrogens with zero attached hydrogens (tertiary/aromatic N) is 3. The number of hydrogen-bond donors (Lipinski definition) is 0. The van der Waals surface area contributed by atoms with Crippen molar-refractivity contribution >= 4 is 17.7 Å². The van der Waals surface area contributed by atoms with Gasteiger partial charge in [0.1, 0.15) is 0 Å². The zero-order chi connectivity index (χ0) is 13.5.